The average molecular weight is 182 g/mol. The van der Waals surface area contributed by atoms with E-state index in [1.54, 1.807) is 12.1 Å². The molecule has 4 nitrogen and oxygen atoms in total. The predicted molar refractivity (Wildman–Crippen MR) is 48.4 cm³/mol. The van der Waals surface area contributed by atoms with Crippen molar-refractivity contribution in [2.75, 3.05) is 13.7 Å². The third kappa shape index (κ3) is 1.58. The third-order valence-electron chi connectivity index (χ3n) is 2.59. The first-order valence-corrected chi connectivity index (χ1v) is 4.68. The smallest absolute Gasteiger partial charge is 0.248 e. The number of ether oxygens (including phenoxy) is 1. The molecule has 2 aliphatic rings. The molecule has 72 valence electrons. The molecule has 1 saturated carbocycles. The topological polar surface area (TPSA) is 41.9 Å². The Morgan fingerprint density at radius 1 is 1.62 bits per heavy atom. The van der Waals surface area contributed by atoms with Gasteiger partial charge in [-0.2, -0.15) is 5.10 Å². The second-order valence-electron chi connectivity index (χ2n) is 3.60. The molecule has 1 aliphatic carbocycles. The Bertz CT molecular complexity index is 246. The average Bonchev–Trinajstić information content (AvgIpc) is 2.30. The quantitative estimate of drug-likeness (QED) is 0.647. The largest absolute Gasteiger partial charge is 0.379 e. The van der Waals surface area contributed by atoms with E-state index in [-0.39, 0.29) is 5.91 Å². The van der Waals surface area contributed by atoms with E-state index >= 15 is 0 Å². The van der Waals surface area contributed by atoms with E-state index in [4.69, 9.17) is 4.74 Å². The fourth-order valence-corrected chi connectivity index (χ4v) is 1.66. The summed E-state index contributed by atoms with van der Waals surface area (Å²) in [7, 11) is 1.62. The summed E-state index contributed by atoms with van der Waals surface area (Å²) in [5.74, 6) is 0.136. The highest BCUT2D eigenvalue weighted by molar-refractivity contribution is 6.05. The van der Waals surface area contributed by atoms with Crippen molar-refractivity contribution >= 4 is 11.6 Å². The summed E-state index contributed by atoms with van der Waals surface area (Å²) in [6.45, 7) is 0.481. The molecule has 0 saturated heterocycles. The molecule has 0 spiro atoms. The molecule has 0 radical (unpaired) electrons. The van der Waals surface area contributed by atoms with Crippen molar-refractivity contribution < 1.29 is 9.53 Å². The Hall–Kier alpha value is -0.900. The van der Waals surface area contributed by atoms with Crippen molar-refractivity contribution in [1.82, 2.24) is 5.01 Å². The standard InChI is InChI=1S/C9H14N2O2/c1-13-6-7-5-9(12)11(10-7)8-3-2-4-8/h8H,2-6H2,1H3. The number of carbonyl (C=O) groups is 1. The lowest BCUT2D eigenvalue weighted by molar-refractivity contribution is -0.132. The SMILES string of the molecule is COCC1=NN(C2CCC2)C(=O)C1. The molecule has 0 aromatic heterocycles. The van der Waals surface area contributed by atoms with Crippen LogP contribution in [0.5, 0.6) is 0 Å². The van der Waals surface area contributed by atoms with Gasteiger partial charge < -0.3 is 4.74 Å². The molecular formula is C9H14N2O2. The Labute approximate surface area is 77.5 Å². The first-order valence-electron chi connectivity index (χ1n) is 4.68. The molecular weight excluding hydrogens is 168 g/mol. The molecule has 0 aromatic carbocycles. The summed E-state index contributed by atoms with van der Waals surface area (Å²) < 4.78 is 4.94. The lowest BCUT2D eigenvalue weighted by atomic mass is 9.92. The molecule has 4 heteroatoms. The van der Waals surface area contributed by atoms with Crippen LogP contribution in [0.3, 0.4) is 0 Å². The third-order valence-corrected chi connectivity index (χ3v) is 2.59. The van der Waals surface area contributed by atoms with Gasteiger partial charge in [0.2, 0.25) is 5.91 Å². The van der Waals surface area contributed by atoms with Gasteiger partial charge >= 0.3 is 0 Å². The lowest BCUT2D eigenvalue weighted by Crippen LogP contribution is -2.37. The minimum absolute atomic E-state index is 0.136. The maximum atomic E-state index is 11.4. The van der Waals surface area contributed by atoms with Gasteiger partial charge in [-0.1, -0.05) is 0 Å². The highest BCUT2D eigenvalue weighted by Crippen LogP contribution is 2.27. The molecule has 0 unspecified atom stereocenters. The van der Waals surface area contributed by atoms with Crippen molar-refractivity contribution in [3.05, 3.63) is 0 Å². The van der Waals surface area contributed by atoms with Crippen molar-refractivity contribution in [2.45, 2.75) is 31.7 Å². The van der Waals surface area contributed by atoms with Crippen LogP contribution in [0, 0.1) is 0 Å². The van der Waals surface area contributed by atoms with Crippen molar-refractivity contribution in [2.24, 2.45) is 5.10 Å². The molecule has 1 aliphatic heterocycles. The van der Waals surface area contributed by atoms with Gasteiger partial charge in [-0.25, -0.2) is 5.01 Å². The van der Waals surface area contributed by atoms with Gasteiger partial charge in [0.05, 0.1) is 24.8 Å². The molecule has 1 heterocycles. The fourth-order valence-electron chi connectivity index (χ4n) is 1.66. The molecule has 1 amide bonds. The van der Waals surface area contributed by atoms with Gasteiger partial charge in [0, 0.05) is 7.11 Å². The van der Waals surface area contributed by atoms with Crippen LogP contribution in [0.4, 0.5) is 0 Å². The fraction of sp³-hybridized carbons (Fsp3) is 0.778. The summed E-state index contributed by atoms with van der Waals surface area (Å²) in [6, 6.07) is 0.377. The van der Waals surface area contributed by atoms with Crippen LogP contribution in [-0.2, 0) is 9.53 Å². The van der Waals surface area contributed by atoms with Crippen LogP contribution in [0.1, 0.15) is 25.7 Å². The summed E-state index contributed by atoms with van der Waals surface area (Å²) in [6.07, 6.45) is 3.89. The summed E-state index contributed by atoms with van der Waals surface area (Å²) in [4.78, 5) is 11.4. The second kappa shape index (κ2) is 3.46. The number of nitrogens with zero attached hydrogens (tertiary/aromatic N) is 2. The van der Waals surface area contributed by atoms with Gasteiger partial charge in [0.1, 0.15) is 0 Å². The molecule has 0 bridgehead atoms. The van der Waals surface area contributed by atoms with E-state index in [1.807, 2.05) is 0 Å². The maximum Gasteiger partial charge on any atom is 0.248 e. The van der Waals surface area contributed by atoms with Crippen LogP contribution in [0.2, 0.25) is 0 Å². The van der Waals surface area contributed by atoms with Crippen molar-refractivity contribution in [3.8, 4) is 0 Å². The normalized spacial score (nSPS) is 23.3. The molecule has 1 fully saturated rings. The Morgan fingerprint density at radius 3 is 2.92 bits per heavy atom. The zero-order valence-corrected chi connectivity index (χ0v) is 7.82. The number of methoxy groups -OCH3 is 1. The molecule has 0 aromatic rings. The Kier molecular flexibility index (Phi) is 2.31. The van der Waals surface area contributed by atoms with E-state index in [0.717, 1.165) is 18.6 Å². The van der Waals surface area contributed by atoms with Crippen molar-refractivity contribution in [1.29, 1.82) is 0 Å². The number of hydrazone groups is 1. The van der Waals surface area contributed by atoms with E-state index in [2.05, 4.69) is 5.10 Å². The van der Waals surface area contributed by atoms with Crippen molar-refractivity contribution in [3.63, 3.8) is 0 Å². The number of amides is 1. The van der Waals surface area contributed by atoms with E-state index in [9.17, 15) is 4.79 Å². The van der Waals surface area contributed by atoms with Gasteiger partial charge in [0.15, 0.2) is 0 Å². The first-order chi connectivity index (χ1) is 6.31. The molecule has 0 N–H and O–H groups in total. The minimum atomic E-state index is 0.136. The van der Waals surface area contributed by atoms with Crippen LogP contribution >= 0.6 is 0 Å². The molecule has 13 heavy (non-hydrogen) atoms. The monoisotopic (exact) mass is 182 g/mol. The van der Waals surface area contributed by atoms with Crippen LogP contribution < -0.4 is 0 Å². The number of rotatable bonds is 3. The maximum absolute atomic E-state index is 11.4. The summed E-state index contributed by atoms with van der Waals surface area (Å²) >= 11 is 0. The predicted octanol–water partition coefficient (Wildman–Crippen LogP) is 0.774. The summed E-state index contributed by atoms with van der Waals surface area (Å²) in [5.41, 5.74) is 0.861. The highest BCUT2D eigenvalue weighted by Gasteiger charge is 2.33. The summed E-state index contributed by atoms with van der Waals surface area (Å²) in [5, 5.41) is 5.91. The Morgan fingerprint density at radius 2 is 2.38 bits per heavy atom. The lowest BCUT2D eigenvalue weighted by Gasteiger charge is -2.31. The van der Waals surface area contributed by atoms with Gasteiger partial charge in [-0.3, -0.25) is 4.79 Å². The number of carbonyl (C=O) groups excluding carboxylic acids is 1. The van der Waals surface area contributed by atoms with E-state index in [0.29, 0.717) is 19.1 Å². The first kappa shape index (κ1) is 8.69. The van der Waals surface area contributed by atoms with Gasteiger partial charge in [-0.15, -0.1) is 0 Å². The van der Waals surface area contributed by atoms with Crippen LogP contribution in [0.15, 0.2) is 5.10 Å². The molecule has 0 atom stereocenters. The number of hydrogen-bond donors (Lipinski definition) is 0. The zero-order chi connectivity index (χ0) is 9.26. The van der Waals surface area contributed by atoms with Gasteiger partial charge in [-0.05, 0) is 19.3 Å². The number of hydrogen-bond acceptors (Lipinski definition) is 3. The second-order valence-corrected chi connectivity index (χ2v) is 3.60. The minimum Gasteiger partial charge on any atom is -0.379 e. The molecule has 2 rings (SSSR count). The van der Waals surface area contributed by atoms with Gasteiger partial charge in [0.25, 0.3) is 0 Å². The van der Waals surface area contributed by atoms with Crippen LogP contribution in [0.25, 0.3) is 0 Å². The van der Waals surface area contributed by atoms with Crippen LogP contribution in [-0.4, -0.2) is 36.4 Å². The highest BCUT2D eigenvalue weighted by atomic mass is 16.5. The Balaban J connectivity index is 1.98. The van der Waals surface area contributed by atoms with E-state index in [1.165, 1.54) is 6.42 Å². The van der Waals surface area contributed by atoms with E-state index < -0.39 is 0 Å². The zero-order valence-electron chi connectivity index (χ0n) is 7.82.